The van der Waals surface area contributed by atoms with Crippen molar-refractivity contribution in [2.75, 3.05) is 19.8 Å². The summed E-state index contributed by atoms with van der Waals surface area (Å²) in [5, 5.41) is 0.253. The van der Waals surface area contributed by atoms with Crippen molar-refractivity contribution in [2.45, 2.75) is 128 Å². The summed E-state index contributed by atoms with van der Waals surface area (Å²) in [6.45, 7) is 18.7. The molecule has 2 aliphatic carbocycles. The summed E-state index contributed by atoms with van der Waals surface area (Å²) in [5.41, 5.74) is 0.0353. The van der Waals surface area contributed by atoms with Crippen molar-refractivity contribution >= 4 is 8.32 Å². The number of fused-ring (bicyclic) bond motifs is 4. The number of hydrogen-bond acceptors (Lipinski definition) is 5. The molecule has 7 atom stereocenters. The molecule has 0 amide bonds. The zero-order chi connectivity index (χ0) is 27.2. The lowest BCUT2D eigenvalue weighted by molar-refractivity contribution is -0.467. The second-order valence-corrected chi connectivity index (χ2v) is 19.5. The summed E-state index contributed by atoms with van der Waals surface area (Å²) in [6, 6.07) is 0. The first-order chi connectivity index (χ1) is 18.0. The molecule has 0 spiro atoms. The van der Waals surface area contributed by atoms with Crippen LogP contribution in [-0.2, 0) is 23.4 Å². The maximum absolute atomic E-state index is 7.21. The van der Waals surface area contributed by atoms with E-state index in [9.17, 15) is 0 Å². The van der Waals surface area contributed by atoms with Crippen LogP contribution >= 0.6 is 0 Å². The summed E-state index contributed by atoms with van der Waals surface area (Å²) in [5.74, 6) is 2.11. The van der Waals surface area contributed by atoms with Gasteiger partial charge in [-0.1, -0.05) is 65.3 Å². The highest BCUT2D eigenvalue weighted by Crippen LogP contribution is 2.57. The normalized spacial score (nSPS) is 41.2. The minimum Gasteiger partial charge on any atom is -0.413 e. The molecular formula is C32H54O5Si. The van der Waals surface area contributed by atoms with Gasteiger partial charge in [0.25, 0.3) is 5.97 Å². The Morgan fingerprint density at radius 3 is 2.29 bits per heavy atom. The summed E-state index contributed by atoms with van der Waals surface area (Å²) < 4.78 is 31.0. The van der Waals surface area contributed by atoms with Crippen LogP contribution in [0, 0.1) is 29.1 Å². The molecule has 0 aromatic heterocycles. The molecule has 6 heteroatoms. The molecule has 4 aliphatic heterocycles. The fourth-order valence-electron chi connectivity index (χ4n) is 6.65. The number of rotatable bonds is 13. The Morgan fingerprint density at radius 2 is 1.66 bits per heavy atom. The number of allylic oxidation sites excluding steroid dienone is 4. The molecule has 2 unspecified atom stereocenters. The van der Waals surface area contributed by atoms with Crippen LogP contribution in [-0.4, -0.2) is 52.4 Å². The van der Waals surface area contributed by atoms with E-state index < -0.39 is 14.3 Å². The van der Waals surface area contributed by atoms with Crippen molar-refractivity contribution < 1.29 is 23.4 Å². The standard InChI is InChI=1S/C32H54O5Si/c1-8-23-18-25(23)28(37-38(6,7)30(2,3)4)26-19-27-29(36-27)24(26)16-14-12-10-9-11-13-15-17-32-33-20-31(5,21-34-32)22-35-32/h9,11-12,14,23-29H,8,10,13,15-22H2,1-7H3/t23-,24-,25?,26+,27?,28+,29+,31?,32?/m0/s1. The van der Waals surface area contributed by atoms with Crippen molar-refractivity contribution in [3.05, 3.63) is 24.3 Å². The fourth-order valence-corrected chi connectivity index (χ4v) is 8.03. The van der Waals surface area contributed by atoms with Gasteiger partial charge < -0.3 is 23.4 Å². The monoisotopic (exact) mass is 546 g/mol. The SMILES string of the molecule is CC[C@H]1CC1[C@@H](O[Si](C)(C)C(C)(C)C)[C@@H]1CC2O[C@@H]2[C@H]1CC=CCC=CCCCC12OCC(C)(CO1)CO2. The van der Waals surface area contributed by atoms with Gasteiger partial charge in [0.1, 0.15) is 0 Å². The molecule has 2 bridgehead atoms. The lowest BCUT2D eigenvalue weighted by atomic mass is 9.84. The van der Waals surface area contributed by atoms with E-state index in [2.05, 4.69) is 72.0 Å². The van der Waals surface area contributed by atoms with E-state index in [1.54, 1.807) is 0 Å². The predicted octanol–water partition coefficient (Wildman–Crippen LogP) is 7.63. The molecule has 6 fully saturated rings. The maximum atomic E-state index is 7.21. The smallest absolute Gasteiger partial charge is 0.282 e. The molecule has 6 aliphatic rings. The Hall–Kier alpha value is -0.503. The number of epoxide rings is 1. The Labute approximate surface area is 233 Å². The van der Waals surface area contributed by atoms with E-state index in [1.165, 1.54) is 19.3 Å². The first-order valence-corrected chi connectivity index (χ1v) is 18.4. The molecule has 0 radical (unpaired) electrons. The Kier molecular flexibility index (Phi) is 8.44. The molecule has 0 aromatic rings. The van der Waals surface area contributed by atoms with Crippen LogP contribution in [0.1, 0.15) is 86.0 Å². The molecule has 5 nitrogen and oxygen atoms in total. The Balaban J connectivity index is 1.07. The first kappa shape index (κ1) is 29.0. The number of unbranched alkanes of at least 4 members (excludes halogenated alkanes) is 1. The zero-order valence-corrected chi connectivity index (χ0v) is 26.2. The Bertz CT molecular complexity index is 851. The summed E-state index contributed by atoms with van der Waals surface area (Å²) in [6.07, 6.45) is 19.5. The molecule has 4 heterocycles. The van der Waals surface area contributed by atoms with Crippen molar-refractivity contribution in [1.29, 1.82) is 0 Å². The highest BCUT2D eigenvalue weighted by molar-refractivity contribution is 6.74. The van der Waals surface area contributed by atoms with Crippen LogP contribution in [0.15, 0.2) is 24.3 Å². The maximum Gasteiger partial charge on any atom is 0.282 e. The quantitative estimate of drug-likeness (QED) is 0.103. The molecule has 38 heavy (non-hydrogen) atoms. The van der Waals surface area contributed by atoms with Gasteiger partial charge in [-0.25, -0.2) is 0 Å². The van der Waals surface area contributed by atoms with Gasteiger partial charge in [-0.3, -0.25) is 0 Å². The summed E-state index contributed by atoms with van der Waals surface area (Å²) in [4.78, 5) is 0. The van der Waals surface area contributed by atoms with E-state index in [0.29, 0.717) is 30.1 Å². The van der Waals surface area contributed by atoms with Crippen LogP contribution in [0.3, 0.4) is 0 Å². The minimum atomic E-state index is -1.81. The van der Waals surface area contributed by atoms with Crippen molar-refractivity contribution in [3.63, 3.8) is 0 Å². The first-order valence-electron chi connectivity index (χ1n) is 15.5. The van der Waals surface area contributed by atoms with Crippen molar-refractivity contribution in [3.8, 4) is 0 Å². The van der Waals surface area contributed by atoms with Gasteiger partial charge in [-0.05, 0) is 80.3 Å². The third-order valence-corrected chi connectivity index (χ3v) is 14.9. The second-order valence-electron chi connectivity index (χ2n) is 14.8. The molecule has 6 rings (SSSR count). The van der Waals surface area contributed by atoms with Gasteiger partial charge in [0, 0.05) is 11.8 Å². The van der Waals surface area contributed by atoms with E-state index in [4.69, 9.17) is 23.4 Å². The zero-order valence-electron chi connectivity index (χ0n) is 25.2. The molecule has 216 valence electrons. The van der Waals surface area contributed by atoms with Crippen LogP contribution in [0.4, 0.5) is 0 Å². The highest BCUT2D eigenvalue weighted by atomic mass is 28.4. The van der Waals surface area contributed by atoms with Gasteiger partial charge in [-0.2, -0.15) is 0 Å². The largest absolute Gasteiger partial charge is 0.413 e. The van der Waals surface area contributed by atoms with Gasteiger partial charge in [0.05, 0.1) is 38.1 Å². The summed E-state index contributed by atoms with van der Waals surface area (Å²) in [7, 11) is -1.81. The van der Waals surface area contributed by atoms with Crippen LogP contribution in [0.5, 0.6) is 0 Å². The second kappa shape index (κ2) is 11.1. The third kappa shape index (κ3) is 6.36. The van der Waals surface area contributed by atoms with E-state index in [0.717, 1.165) is 63.8 Å². The fraction of sp³-hybridized carbons (Fsp3) is 0.875. The van der Waals surface area contributed by atoms with Crippen molar-refractivity contribution in [1.82, 2.24) is 0 Å². The molecule has 0 aromatic carbocycles. The molecule has 4 saturated heterocycles. The summed E-state index contributed by atoms with van der Waals surface area (Å²) >= 11 is 0. The lowest BCUT2D eigenvalue weighted by Crippen LogP contribution is -2.58. The lowest BCUT2D eigenvalue weighted by Gasteiger charge is -2.50. The molecule has 0 N–H and O–H groups in total. The van der Waals surface area contributed by atoms with Gasteiger partial charge in [-0.15, -0.1) is 0 Å². The minimum absolute atomic E-state index is 0.0353. The molecule has 2 saturated carbocycles. The average molecular weight is 547 g/mol. The van der Waals surface area contributed by atoms with Gasteiger partial charge in [0.15, 0.2) is 8.32 Å². The average Bonchev–Trinajstić information content (AvgIpc) is 3.79. The van der Waals surface area contributed by atoms with Crippen LogP contribution in [0.2, 0.25) is 18.1 Å². The van der Waals surface area contributed by atoms with Crippen LogP contribution in [0.25, 0.3) is 0 Å². The van der Waals surface area contributed by atoms with E-state index >= 15 is 0 Å². The van der Waals surface area contributed by atoms with Gasteiger partial charge in [0.2, 0.25) is 0 Å². The number of ether oxygens (including phenoxy) is 4. The highest BCUT2D eigenvalue weighted by Gasteiger charge is 2.60. The number of hydrogen-bond donors (Lipinski definition) is 0. The topological polar surface area (TPSA) is 49.5 Å². The van der Waals surface area contributed by atoms with Gasteiger partial charge >= 0.3 is 0 Å². The predicted molar refractivity (Wildman–Crippen MR) is 154 cm³/mol. The van der Waals surface area contributed by atoms with Crippen molar-refractivity contribution in [2.24, 2.45) is 29.1 Å². The third-order valence-electron chi connectivity index (χ3n) is 10.5. The molecular weight excluding hydrogens is 492 g/mol. The van der Waals surface area contributed by atoms with E-state index in [-0.39, 0.29) is 10.5 Å². The van der Waals surface area contributed by atoms with E-state index in [1.807, 2.05) is 0 Å². The van der Waals surface area contributed by atoms with Crippen LogP contribution < -0.4 is 0 Å². The Morgan fingerprint density at radius 1 is 0.974 bits per heavy atom.